The molecule has 0 bridgehead atoms. The van der Waals surface area contributed by atoms with Gasteiger partial charge in [0.1, 0.15) is 0 Å². The lowest BCUT2D eigenvalue weighted by Crippen LogP contribution is -2.23. The van der Waals surface area contributed by atoms with Gasteiger partial charge in [0.25, 0.3) is 0 Å². The third kappa shape index (κ3) is 4.80. The van der Waals surface area contributed by atoms with Crippen LogP contribution in [0.5, 0.6) is 0 Å². The molecule has 1 aromatic carbocycles. The maximum atomic E-state index is 3.41. The fourth-order valence-electron chi connectivity index (χ4n) is 1.48. The zero-order valence-corrected chi connectivity index (χ0v) is 9.96. The van der Waals surface area contributed by atoms with Gasteiger partial charge in [-0.25, -0.2) is 0 Å². The summed E-state index contributed by atoms with van der Waals surface area (Å²) in [6, 6.07) is 11.1. The molecule has 1 N–H and O–H groups in total. The van der Waals surface area contributed by atoms with Crippen molar-refractivity contribution in [3.63, 3.8) is 0 Å². The second-order valence-electron chi connectivity index (χ2n) is 4.15. The molecule has 0 aromatic heterocycles. The highest BCUT2D eigenvalue weighted by atomic mass is 14.9. The van der Waals surface area contributed by atoms with Crippen LogP contribution in [-0.4, -0.2) is 12.6 Å². The van der Waals surface area contributed by atoms with Crippen LogP contribution in [0.4, 0.5) is 0 Å². The summed E-state index contributed by atoms with van der Waals surface area (Å²) in [5.41, 5.74) is 2.68. The van der Waals surface area contributed by atoms with Gasteiger partial charge in [0, 0.05) is 6.04 Å². The fraction of sp³-hybridized carbons (Fsp3) is 0.429. The van der Waals surface area contributed by atoms with E-state index in [-0.39, 0.29) is 0 Å². The minimum Gasteiger partial charge on any atom is -0.314 e. The third-order valence-corrected chi connectivity index (χ3v) is 2.38. The van der Waals surface area contributed by atoms with Crippen LogP contribution >= 0.6 is 0 Å². The van der Waals surface area contributed by atoms with Gasteiger partial charge in [-0.2, -0.15) is 0 Å². The second-order valence-corrected chi connectivity index (χ2v) is 4.15. The van der Waals surface area contributed by atoms with E-state index in [4.69, 9.17) is 0 Å². The first-order chi connectivity index (χ1) is 7.20. The SMILES string of the molecule is CC(=CCCNC(C)C)c1ccccc1. The predicted octanol–water partition coefficient (Wildman–Crippen LogP) is 3.48. The minimum absolute atomic E-state index is 0.579. The summed E-state index contributed by atoms with van der Waals surface area (Å²) in [6.45, 7) is 7.58. The van der Waals surface area contributed by atoms with E-state index >= 15 is 0 Å². The zero-order valence-electron chi connectivity index (χ0n) is 9.96. The summed E-state index contributed by atoms with van der Waals surface area (Å²) in [4.78, 5) is 0. The van der Waals surface area contributed by atoms with Crippen LogP contribution in [0.2, 0.25) is 0 Å². The fourth-order valence-corrected chi connectivity index (χ4v) is 1.48. The molecule has 0 aliphatic rings. The van der Waals surface area contributed by atoms with E-state index in [1.54, 1.807) is 0 Å². The van der Waals surface area contributed by atoms with Crippen molar-refractivity contribution in [3.05, 3.63) is 42.0 Å². The maximum absolute atomic E-state index is 3.41. The molecule has 0 unspecified atom stereocenters. The minimum atomic E-state index is 0.579. The molecule has 0 spiro atoms. The molecule has 0 saturated carbocycles. The largest absolute Gasteiger partial charge is 0.314 e. The van der Waals surface area contributed by atoms with Crippen LogP contribution in [0.25, 0.3) is 5.57 Å². The van der Waals surface area contributed by atoms with Crippen molar-refractivity contribution >= 4 is 5.57 Å². The molecule has 0 amide bonds. The Hall–Kier alpha value is -1.08. The molecule has 1 aromatic rings. The molecular weight excluding hydrogens is 182 g/mol. The van der Waals surface area contributed by atoms with Crippen LogP contribution in [-0.2, 0) is 0 Å². The number of rotatable bonds is 5. The van der Waals surface area contributed by atoms with Crippen molar-refractivity contribution in [2.45, 2.75) is 33.2 Å². The highest BCUT2D eigenvalue weighted by Crippen LogP contribution is 2.12. The molecule has 15 heavy (non-hydrogen) atoms. The molecule has 1 heteroatoms. The highest BCUT2D eigenvalue weighted by Gasteiger charge is 1.93. The summed E-state index contributed by atoms with van der Waals surface area (Å²) in [5.74, 6) is 0. The van der Waals surface area contributed by atoms with Gasteiger partial charge >= 0.3 is 0 Å². The predicted molar refractivity (Wildman–Crippen MR) is 67.8 cm³/mol. The molecule has 0 aliphatic carbocycles. The van der Waals surface area contributed by atoms with E-state index in [9.17, 15) is 0 Å². The van der Waals surface area contributed by atoms with Crippen molar-refractivity contribution in [2.24, 2.45) is 0 Å². The summed E-state index contributed by atoms with van der Waals surface area (Å²) in [7, 11) is 0. The summed E-state index contributed by atoms with van der Waals surface area (Å²) in [5, 5.41) is 3.41. The van der Waals surface area contributed by atoms with Crippen molar-refractivity contribution < 1.29 is 0 Å². The van der Waals surface area contributed by atoms with Crippen molar-refractivity contribution in [1.82, 2.24) is 5.32 Å². The van der Waals surface area contributed by atoms with Gasteiger partial charge in [0.2, 0.25) is 0 Å². The molecule has 1 nitrogen and oxygen atoms in total. The van der Waals surface area contributed by atoms with E-state index in [2.05, 4.69) is 62.5 Å². The van der Waals surface area contributed by atoms with E-state index < -0.39 is 0 Å². The molecule has 0 heterocycles. The lowest BCUT2D eigenvalue weighted by molar-refractivity contribution is 0.595. The van der Waals surface area contributed by atoms with Gasteiger partial charge in [-0.3, -0.25) is 0 Å². The summed E-state index contributed by atoms with van der Waals surface area (Å²) >= 11 is 0. The topological polar surface area (TPSA) is 12.0 Å². The quantitative estimate of drug-likeness (QED) is 0.722. The number of benzene rings is 1. The molecule has 0 atom stereocenters. The lowest BCUT2D eigenvalue weighted by atomic mass is 10.1. The molecule has 0 radical (unpaired) electrons. The standard InChI is InChI=1S/C14H21N/c1-12(2)15-11-7-8-13(3)14-9-5-4-6-10-14/h4-6,8-10,12,15H,7,11H2,1-3H3. The van der Waals surface area contributed by atoms with Gasteiger partial charge in [0.15, 0.2) is 0 Å². The van der Waals surface area contributed by atoms with Crippen LogP contribution in [0, 0.1) is 0 Å². The Bertz CT molecular complexity index is 298. The average molecular weight is 203 g/mol. The Balaban J connectivity index is 2.40. The number of hydrogen-bond donors (Lipinski definition) is 1. The third-order valence-electron chi connectivity index (χ3n) is 2.38. The van der Waals surface area contributed by atoms with E-state index in [0.717, 1.165) is 13.0 Å². The van der Waals surface area contributed by atoms with Crippen molar-refractivity contribution in [1.29, 1.82) is 0 Å². The Morgan fingerprint density at radius 1 is 1.27 bits per heavy atom. The monoisotopic (exact) mass is 203 g/mol. The Morgan fingerprint density at radius 3 is 2.53 bits per heavy atom. The van der Waals surface area contributed by atoms with Crippen molar-refractivity contribution in [3.8, 4) is 0 Å². The highest BCUT2D eigenvalue weighted by molar-refractivity contribution is 5.63. The van der Waals surface area contributed by atoms with Crippen LogP contribution < -0.4 is 5.32 Å². The van der Waals surface area contributed by atoms with E-state index in [1.165, 1.54) is 11.1 Å². The van der Waals surface area contributed by atoms with Gasteiger partial charge in [-0.05, 0) is 31.0 Å². The normalized spacial score (nSPS) is 12.1. The smallest absolute Gasteiger partial charge is 0.00105 e. The maximum Gasteiger partial charge on any atom is 0.00105 e. The molecule has 0 fully saturated rings. The number of hydrogen-bond acceptors (Lipinski definition) is 1. The van der Waals surface area contributed by atoms with Gasteiger partial charge in [0.05, 0.1) is 0 Å². The first-order valence-electron chi connectivity index (χ1n) is 5.65. The van der Waals surface area contributed by atoms with Gasteiger partial charge in [-0.1, -0.05) is 50.3 Å². The Kier molecular flexibility index (Phi) is 5.13. The van der Waals surface area contributed by atoms with Gasteiger partial charge < -0.3 is 5.32 Å². The van der Waals surface area contributed by atoms with E-state index in [0.29, 0.717) is 6.04 Å². The zero-order chi connectivity index (χ0) is 11.1. The summed E-state index contributed by atoms with van der Waals surface area (Å²) in [6.07, 6.45) is 3.39. The van der Waals surface area contributed by atoms with Crippen LogP contribution in [0.1, 0.15) is 32.8 Å². The summed E-state index contributed by atoms with van der Waals surface area (Å²) < 4.78 is 0. The van der Waals surface area contributed by atoms with Crippen LogP contribution in [0.15, 0.2) is 36.4 Å². The lowest BCUT2D eigenvalue weighted by Gasteiger charge is -2.06. The van der Waals surface area contributed by atoms with Crippen LogP contribution in [0.3, 0.4) is 0 Å². The first-order valence-corrected chi connectivity index (χ1v) is 5.65. The second kappa shape index (κ2) is 6.41. The molecule has 0 saturated heterocycles. The van der Waals surface area contributed by atoms with Gasteiger partial charge in [-0.15, -0.1) is 0 Å². The number of nitrogens with one attached hydrogen (secondary N) is 1. The van der Waals surface area contributed by atoms with Crippen molar-refractivity contribution in [2.75, 3.05) is 6.54 Å². The molecule has 1 rings (SSSR count). The Labute approximate surface area is 93.2 Å². The Morgan fingerprint density at radius 2 is 1.93 bits per heavy atom. The molecule has 0 aliphatic heterocycles. The molecule has 82 valence electrons. The average Bonchev–Trinajstić information content (AvgIpc) is 2.25. The first kappa shape index (κ1) is 12.0. The molecular formula is C14H21N. The number of allylic oxidation sites excluding steroid dienone is 1. The van der Waals surface area contributed by atoms with E-state index in [1.807, 2.05) is 0 Å².